The number of allylic oxidation sites excluding steroid dienone is 3. The fraction of sp³-hybridized carbons (Fsp3) is 0.556. The number of rotatable bonds is 2. The fourth-order valence-electron chi connectivity index (χ4n) is 1.84. The van der Waals surface area contributed by atoms with Gasteiger partial charge in [0.1, 0.15) is 0 Å². The molecule has 0 amide bonds. The minimum absolute atomic E-state index is 0.517. The molecule has 1 nitrogen and oxygen atoms in total. The molecule has 2 aliphatic rings. The smallest absolute Gasteiger partial charge is 0.00786 e. The van der Waals surface area contributed by atoms with Gasteiger partial charge in [-0.2, -0.15) is 0 Å². The van der Waals surface area contributed by atoms with Crippen LogP contribution < -0.4 is 5.32 Å². The van der Waals surface area contributed by atoms with Gasteiger partial charge >= 0.3 is 0 Å². The van der Waals surface area contributed by atoms with Crippen molar-refractivity contribution in [3.8, 4) is 0 Å². The van der Waals surface area contributed by atoms with Crippen LogP contribution in [0.2, 0.25) is 0 Å². The Balaban J connectivity index is 2.08. The highest BCUT2D eigenvalue weighted by Gasteiger charge is 2.50. The van der Waals surface area contributed by atoms with Crippen LogP contribution in [-0.2, 0) is 0 Å². The van der Waals surface area contributed by atoms with Crippen LogP contribution in [0.3, 0.4) is 0 Å². The first kappa shape index (κ1) is 6.17. The van der Waals surface area contributed by atoms with Crippen molar-refractivity contribution in [1.29, 1.82) is 0 Å². The molecule has 2 unspecified atom stereocenters. The summed E-state index contributed by atoms with van der Waals surface area (Å²) >= 11 is 0. The first-order chi connectivity index (χ1) is 4.87. The predicted molar refractivity (Wildman–Crippen MR) is 42.7 cm³/mol. The molecule has 10 heavy (non-hydrogen) atoms. The average Bonchev–Trinajstić information content (AvgIpc) is 2.62. The molecule has 0 spiro atoms. The number of hydrogen-bond acceptors (Lipinski definition) is 1. The lowest BCUT2D eigenvalue weighted by molar-refractivity contribution is 0.560. The normalized spacial score (nSPS) is 41.5. The van der Waals surface area contributed by atoms with Crippen LogP contribution in [0, 0.1) is 11.3 Å². The summed E-state index contributed by atoms with van der Waals surface area (Å²) in [5.74, 6) is 0.838. The summed E-state index contributed by atoms with van der Waals surface area (Å²) in [5.41, 5.74) is 0.517. The maximum Gasteiger partial charge on any atom is 0.00786 e. The summed E-state index contributed by atoms with van der Waals surface area (Å²) in [4.78, 5) is 0. The van der Waals surface area contributed by atoms with Gasteiger partial charge in [-0.15, -0.1) is 0 Å². The molecule has 1 N–H and O–H groups in total. The van der Waals surface area contributed by atoms with E-state index in [2.05, 4.69) is 29.6 Å². The van der Waals surface area contributed by atoms with E-state index >= 15 is 0 Å². The standard InChI is InChI=1S/C9H13N/c1-10-7-9-5-3-2-4-8(9)6-9/h2-5,8,10H,6-7H2,1H3. The zero-order valence-corrected chi connectivity index (χ0v) is 6.30. The van der Waals surface area contributed by atoms with E-state index in [0.717, 1.165) is 12.5 Å². The van der Waals surface area contributed by atoms with Crippen LogP contribution in [0.1, 0.15) is 6.42 Å². The Labute approximate surface area is 61.8 Å². The van der Waals surface area contributed by atoms with Gasteiger partial charge in [0.2, 0.25) is 0 Å². The molecule has 2 atom stereocenters. The van der Waals surface area contributed by atoms with Gasteiger partial charge in [-0.05, 0) is 19.4 Å². The van der Waals surface area contributed by atoms with Crippen molar-refractivity contribution < 1.29 is 0 Å². The maximum atomic E-state index is 3.23. The summed E-state index contributed by atoms with van der Waals surface area (Å²) in [6, 6.07) is 0. The monoisotopic (exact) mass is 135 g/mol. The highest BCUT2D eigenvalue weighted by molar-refractivity contribution is 5.29. The van der Waals surface area contributed by atoms with Crippen LogP contribution in [-0.4, -0.2) is 13.6 Å². The van der Waals surface area contributed by atoms with Crippen molar-refractivity contribution in [1.82, 2.24) is 5.32 Å². The average molecular weight is 135 g/mol. The van der Waals surface area contributed by atoms with Crippen molar-refractivity contribution in [2.24, 2.45) is 11.3 Å². The molecular formula is C9H13N. The molecule has 0 heterocycles. The second-order valence-corrected chi connectivity index (χ2v) is 3.32. The van der Waals surface area contributed by atoms with Crippen molar-refractivity contribution in [2.75, 3.05) is 13.6 Å². The van der Waals surface area contributed by atoms with Gasteiger partial charge in [0.25, 0.3) is 0 Å². The van der Waals surface area contributed by atoms with Crippen molar-refractivity contribution >= 4 is 0 Å². The van der Waals surface area contributed by atoms with Crippen LogP contribution in [0.4, 0.5) is 0 Å². The molecule has 0 aromatic carbocycles. The molecule has 1 heteroatoms. The van der Waals surface area contributed by atoms with E-state index in [0.29, 0.717) is 5.41 Å². The Morgan fingerprint density at radius 1 is 1.60 bits per heavy atom. The lowest BCUT2D eigenvalue weighted by atomic mass is 10.00. The van der Waals surface area contributed by atoms with Gasteiger partial charge in [-0.3, -0.25) is 0 Å². The third-order valence-electron chi connectivity index (χ3n) is 2.57. The molecule has 54 valence electrons. The fourth-order valence-corrected chi connectivity index (χ4v) is 1.84. The first-order valence-corrected chi connectivity index (χ1v) is 3.88. The molecule has 1 fully saturated rings. The third-order valence-corrected chi connectivity index (χ3v) is 2.57. The largest absolute Gasteiger partial charge is 0.319 e. The molecule has 0 radical (unpaired) electrons. The van der Waals surface area contributed by atoms with Gasteiger partial charge in [-0.25, -0.2) is 0 Å². The second kappa shape index (κ2) is 1.96. The van der Waals surface area contributed by atoms with E-state index in [1.807, 2.05) is 7.05 Å². The number of hydrogen-bond donors (Lipinski definition) is 1. The van der Waals surface area contributed by atoms with E-state index in [4.69, 9.17) is 0 Å². The molecular weight excluding hydrogens is 122 g/mol. The Morgan fingerprint density at radius 2 is 2.50 bits per heavy atom. The SMILES string of the molecule is CNCC12C=CC=CC1C2. The first-order valence-electron chi connectivity index (χ1n) is 3.88. The Hall–Kier alpha value is -0.560. The molecule has 2 rings (SSSR count). The summed E-state index contributed by atoms with van der Waals surface area (Å²) in [6.07, 6.45) is 10.3. The van der Waals surface area contributed by atoms with Gasteiger partial charge in [0.05, 0.1) is 0 Å². The summed E-state index contributed by atoms with van der Waals surface area (Å²) in [7, 11) is 2.02. The van der Waals surface area contributed by atoms with E-state index in [1.165, 1.54) is 6.42 Å². The van der Waals surface area contributed by atoms with Crippen molar-refractivity contribution in [2.45, 2.75) is 6.42 Å². The molecule has 1 saturated carbocycles. The Bertz CT molecular complexity index is 193. The van der Waals surface area contributed by atoms with Crippen molar-refractivity contribution in [3.63, 3.8) is 0 Å². The maximum absolute atomic E-state index is 3.23. The third kappa shape index (κ3) is 0.739. The van der Waals surface area contributed by atoms with Crippen LogP contribution in [0.25, 0.3) is 0 Å². The highest BCUT2D eigenvalue weighted by Crippen LogP contribution is 2.55. The zero-order chi connectivity index (χ0) is 7.03. The van der Waals surface area contributed by atoms with Gasteiger partial charge in [0, 0.05) is 12.0 Å². The predicted octanol–water partition coefficient (Wildman–Crippen LogP) is 1.34. The van der Waals surface area contributed by atoms with Crippen molar-refractivity contribution in [3.05, 3.63) is 24.3 Å². The Kier molecular flexibility index (Phi) is 1.21. The molecule has 0 aliphatic heterocycles. The van der Waals surface area contributed by atoms with Crippen LogP contribution in [0.5, 0.6) is 0 Å². The van der Waals surface area contributed by atoms with Gasteiger partial charge in [-0.1, -0.05) is 24.3 Å². The quantitative estimate of drug-likeness (QED) is 0.602. The second-order valence-electron chi connectivity index (χ2n) is 3.32. The molecule has 0 bridgehead atoms. The lowest BCUT2D eigenvalue weighted by Crippen LogP contribution is -2.20. The molecule has 0 saturated heterocycles. The highest BCUT2D eigenvalue weighted by atomic mass is 14.9. The lowest BCUT2D eigenvalue weighted by Gasteiger charge is -2.11. The molecule has 2 aliphatic carbocycles. The minimum atomic E-state index is 0.517. The van der Waals surface area contributed by atoms with Gasteiger partial charge < -0.3 is 5.32 Å². The minimum Gasteiger partial charge on any atom is -0.319 e. The molecule has 0 aromatic rings. The summed E-state index contributed by atoms with van der Waals surface area (Å²) < 4.78 is 0. The number of fused-ring (bicyclic) bond motifs is 1. The van der Waals surface area contributed by atoms with Crippen LogP contribution in [0.15, 0.2) is 24.3 Å². The topological polar surface area (TPSA) is 12.0 Å². The zero-order valence-electron chi connectivity index (χ0n) is 6.30. The van der Waals surface area contributed by atoms with Crippen LogP contribution >= 0.6 is 0 Å². The summed E-state index contributed by atoms with van der Waals surface area (Å²) in [5, 5.41) is 3.23. The van der Waals surface area contributed by atoms with E-state index < -0.39 is 0 Å². The van der Waals surface area contributed by atoms with E-state index in [9.17, 15) is 0 Å². The van der Waals surface area contributed by atoms with E-state index in [-0.39, 0.29) is 0 Å². The Morgan fingerprint density at radius 3 is 3.20 bits per heavy atom. The van der Waals surface area contributed by atoms with Gasteiger partial charge in [0.15, 0.2) is 0 Å². The summed E-state index contributed by atoms with van der Waals surface area (Å²) in [6.45, 7) is 1.14. The number of nitrogens with one attached hydrogen (secondary N) is 1. The molecule has 0 aromatic heterocycles. The van der Waals surface area contributed by atoms with E-state index in [1.54, 1.807) is 0 Å².